The van der Waals surface area contributed by atoms with E-state index in [2.05, 4.69) is 21.4 Å². The molecule has 1 aromatic carbocycles. The summed E-state index contributed by atoms with van der Waals surface area (Å²) >= 11 is 6.27. The summed E-state index contributed by atoms with van der Waals surface area (Å²) in [5, 5.41) is 4.13. The van der Waals surface area contributed by atoms with Crippen LogP contribution in [0.25, 0.3) is 11.4 Å². The Kier molecular flexibility index (Phi) is 4.19. The molecule has 2 aromatic rings. The number of hydrogen-bond donors (Lipinski definition) is 1. The smallest absolute Gasteiger partial charge is 0.159 e. The Hall–Kier alpha value is -1.49. The van der Waals surface area contributed by atoms with Gasteiger partial charge in [-0.05, 0) is 43.7 Å². The number of nitrogens with zero attached hydrogens (tertiary/aromatic N) is 2. The summed E-state index contributed by atoms with van der Waals surface area (Å²) in [5.74, 6) is 0.716. The van der Waals surface area contributed by atoms with Gasteiger partial charge in [0.2, 0.25) is 0 Å². The van der Waals surface area contributed by atoms with Crippen molar-refractivity contribution in [2.45, 2.75) is 19.9 Å². The van der Waals surface area contributed by atoms with Crippen LogP contribution in [0.15, 0.2) is 24.3 Å². The molecule has 1 aliphatic rings. The van der Waals surface area contributed by atoms with Gasteiger partial charge in [-0.3, -0.25) is 0 Å². The maximum absolute atomic E-state index is 6.27. The fourth-order valence-corrected chi connectivity index (χ4v) is 2.82. The predicted octanol–water partition coefficient (Wildman–Crippen LogP) is 3.07. The lowest BCUT2D eigenvalue weighted by Gasteiger charge is -2.24. The predicted molar refractivity (Wildman–Crippen MR) is 83.5 cm³/mol. The number of morpholine rings is 1. The minimum absolute atomic E-state index is 0.169. The van der Waals surface area contributed by atoms with Gasteiger partial charge in [-0.1, -0.05) is 11.6 Å². The topological polar surface area (TPSA) is 47.0 Å². The van der Waals surface area contributed by atoms with E-state index in [0.29, 0.717) is 17.5 Å². The van der Waals surface area contributed by atoms with Crippen molar-refractivity contribution >= 4 is 11.6 Å². The number of aromatic nitrogens is 2. The Labute approximate surface area is 129 Å². The van der Waals surface area contributed by atoms with Crippen LogP contribution < -0.4 is 5.32 Å². The van der Waals surface area contributed by atoms with Crippen LogP contribution in [0.5, 0.6) is 0 Å². The van der Waals surface area contributed by atoms with Crippen LogP contribution in [0.2, 0.25) is 5.02 Å². The van der Waals surface area contributed by atoms with E-state index in [9.17, 15) is 0 Å². The molecule has 5 heteroatoms. The molecule has 0 saturated carbocycles. The summed E-state index contributed by atoms with van der Waals surface area (Å²) in [6.07, 6.45) is 0. The minimum Gasteiger partial charge on any atom is -0.378 e. The SMILES string of the molecule is Cc1cc(C)nc(-c2cc(Cl)cc(C3COCCN3)c2)n1. The third-order valence-corrected chi connectivity index (χ3v) is 3.70. The van der Waals surface area contributed by atoms with Gasteiger partial charge in [0.15, 0.2) is 5.82 Å². The third kappa shape index (κ3) is 3.40. The molecule has 1 fully saturated rings. The van der Waals surface area contributed by atoms with Crippen molar-refractivity contribution in [3.63, 3.8) is 0 Å². The molecule has 110 valence electrons. The van der Waals surface area contributed by atoms with Gasteiger partial charge in [0, 0.05) is 28.5 Å². The summed E-state index contributed by atoms with van der Waals surface area (Å²) in [5.41, 5.74) is 3.97. The van der Waals surface area contributed by atoms with E-state index in [4.69, 9.17) is 16.3 Å². The first kappa shape index (κ1) is 14.4. The highest BCUT2D eigenvalue weighted by Crippen LogP contribution is 2.27. The first-order valence-corrected chi connectivity index (χ1v) is 7.44. The Bertz CT molecular complexity index is 634. The van der Waals surface area contributed by atoms with E-state index in [1.165, 1.54) is 0 Å². The highest BCUT2D eigenvalue weighted by Gasteiger charge is 2.17. The van der Waals surface area contributed by atoms with Crippen molar-refractivity contribution in [2.24, 2.45) is 0 Å². The third-order valence-electron chi connectivity index (χ3n) is 3.48. The zero-order chi connectivity index (χ0) is 14.8. The van der Waals surface area contributed by atoms with Crippen LogP contribution in [0.4, 0.5) is 0 Å². The number of halogens is 1. The maximum Gasteiger partial charge on any atom is 0.159 e. The Morgan fingerprint density at radius 2 is 1.90 bits per heavy atom. The fraction of sp³-hybridized carbons (Fsp3) is 0.375. The molecule has 0 aliphatic carbocycles. The van der Waals surface area contributed by atoms with Crippen molar-refractivity contribution in [2.75, 3.05) is 19.8 Å². The zero-order valence-electron chi connectivity index (χ0n) is 12.2. The normalized spacial score (nSPS) is 18.7. The average Bonchev–Trinajstić information content (AvgIpc) is 2.46. The van der Waals surface area contributed by atoms with E-state index >= 15 is 0 Å². The van der Waals surface area contributed by atoms with Gasteiger partial charge in [0.25, 0.3) is 0 Å². The van der Waals surface area contributed by atoms with Crippen molar-refractivity contribution in [3.8, 4) is 11.4 Å². The molecule has 1 N–H and O–H groups in total. The number of aryl methyl sites for hydroxylation is 2. The lowest BCUT2D eigenvalue weighted by atomic mass is 10.0. The lowest BCUT2D eigenvalue weighted by Crippen LogP contribution is -2.34. The highest BCUT2D eigenvalue weighted by molar-refractivity contribution is 6.30. The standard InChI is InChI=1S/C16H18ClN3O/c1-10-5-11(2)20-16(19-10)13-6-12(7-14(17)8-13)15-9-21-4-3-18-15/h5-8,15,18H,3-4,9H2,1-2H3. The second-order valence-electron chi connectivity index (χ2n) is 5.33. The molecule has 1 saturated heterocycles. The molecule has 1 aliphatic heterocycles. The van der Waals surface area contributed by atoms with Crippen molar-refractivity contribution in [3.05, 3.63) is 46.2 Å². The molecule has 3 rings (SSSR count). The monoisotopic (exact) mass is 303 g/mol. The summed E-state index contributed by atoms with van der Waals surface area (Å²) in [4.78, 5) is 9.02. The zero-order valence-corrected chi connectivity index (χ0v) is 12.9. The summed E-state index contributed by atoms with van der Waals surface area (Å²) < 4.78 is 5.52. The quantitative estimate of drug-likeness (QED) is 0.926. The molecule has 0 bridgehead atoms. The van der Waals surface area contributed by atoms with Gasteiger partial charge in [-0.2, -0.15) is 0 Å². The van der Waals surface area contributed by atoms with Crippen LogP contribution >= 0.6 is 11.6 Å². The molecule has 21 heavy (non-hydrogen) atoms. The molecular formula is C16H18ClN3O. The Balaban J connectivity index is 2.00. The van der Waals surface area contributed by atoms with E-state index in [1.54, 1.807) is 0 Å². The number of hydrogen-bond acceptors (Lipinski definition) is 4. The molecule has 4 nitrogen and oxygen atoms in total. The van der Waals surface area contributed by atoms with Crippen LogP contribution in [0.3, 0.4) is 0 Å². The van der Waals surface area contributed by atoms with Crippen molar-refractivity contribution in [1.82, 2.24) is 15.3 Å². The summed E-state index contributed by atoms with van der Waals surface area (Å²) in [6, 6.07) is 8.10. The molecule has 2 heterocycles. The van der Waals surface area contributed by atoms with E-state index in [1.807, 2.05) is 32.0 Å². The first-order valence-electron chi connectivity index (χ1n) is 7.06. The molecule has 0 spiro atoms. The fourth-order valence-electron chi connectivity index (χ4n) is 2.58. The molecule has 0 radical (unpaired) electrons. The van der Waals surface area contributed by atoms with Gasteiger partial charge in [0.1, 0.15) is 0 Å². The minimum atomic E-state index is 0.169. The highest BCUT2D eigenvalue weighted by atomic mass is 35.5. The maximum atomic E-state index is 6.27. The molecule has 1 aromatic heterocycles. The lowest BCUT2D eigenvalue weighted by molar-refractivity contribution is 0.0769. The van der Waals surface area contributed by atoms with Gasteiger partial charge < -0.3 is 10.1 Å². The number of nitrogens with one attached hydrogen (secondary N) is 1. The second kappa shape index (κ2) is 6.10. The Morgan fingerprint density at radius 3 is 2.57 bits per heavy atom. The van der Waals surface area contributed by atoms with Crippen molar-refractivity contribution in [1.29, 1.82) is 0 Å². The number of benzene rings is 1. The average molecular weight is 304 g/mol. The summed E-state index contributed by atoms with van der Waals surface area (Å²) in [7, 11) is 0. The van der Waals surface area contributed by atoms with Crippen LogP contribution in [0, 0.1) is 13.8 Å². The molecular weight excluding hydrogens is 286 g/mol. The van der Waals surface area contributed by atoms with Gasteiger partial charge in [-0.15, -0.1) is 0 Å². The molecule has 0 amide bonds. The van der Waals surface area contributed by atoms with E-state index in [0.717, 1.165) is 35.7 Å². The Morgan fingerprint density at radius 1 is 1.14 bits per heavy atom. The molecule has 1 atom stereocenters. The van der Waals surface area contributed by atoms with E-state index in [-0.39, 0.29) is 6.04 Å². The van der Waals surface area contributed by atoms with Crippen molar-refractivity contribution < 1.29 is 4.74 Å². The van der Waals surface area contributed by atoms with Gasteiger partial charge in [-0.25, -0.2) is 9.97 Å². The molecule has 1 unspecified atom stereocenters. The number of rotatable bonds is 2. The van der Waals surface area contributed by atoms with Gasteiger partial charge in [0.05, 0.1) is 19.3 Å². The second-order valence-corrected chi connectivity index (χ2v) is 5.77. The van der Waals surface area contributed by atoms with Crippen LogP contribution in [0.1, 0.15) is 23.0 Å². The number of ether oxygens (including phenoxy) is 1. The first-order chi connectivity index (χ1) is 10.1. The summed E-state index contributed by atoms with van der Waals surface area (Å²) in [6.45, 7) is 6.21. The van der Waals surface area contributed by atoms with E-state index < -0.39 is 0 Å². The van der Waals surface area contributed by atoms with Gasteiger partial charge >= 0.3 is 0 Å². The van der Waals surface area contributed by atoms with Crippen LogP contribution in [-0.2, 0) is 4.74 Å². The van der Waals surface area contributed by atoms with Crippen LogP contribution in [-0.4, -0.2) is 29.7 Å². The largest absolute Gasteiger partial charge is 0.378 e.